The molecule has 0 spiro atoms. The van der Waals surface area contributed by atoms with Gasteiger partial charge in [-0.15, -0.1) is 0 Å². The molecule has 0 aliphatic carbocycles. The minimum Gasteiger partial charge on any atom is -0.373 e. The van der Waals surface area contributed by atoms with Crippen LogP contribution in [-0.2, 0) is 6.42 Å². The Morgan fingerprint density at radius 2 is 2.18 bits per heavy atom. The molecule has 0 saturated carbocycles. The summed E-state index contributed by atoms with van der Waals surface area (Å²) in [5.74, 6) is 2.47. The van der Waals surface area contributed by atoms with Crippen molar-refractivity contribution in [2.45, 2.75) is 29.6 Å². The Balaban J connectivity index is 2.25. The van der Waals surface area contributed by atoms with Crippen LogP contribution in [0.25, 0.3) is 0 Å². The van der Waals surface area contributed by atoms with E-state index in [4.69, 9.17) is 0 Å². The van der Waals surface area contributed by atoms with Gasteiger partial charge in [-0.1, -0.05) is 6.92 Å². The van der Waals surface area contributed by atoms with E-state index >= 15 is 0 Å². The van der Waals surface area contributed by atoms with Crippen molar-refractivity contribution in [1.29, 1.82) is 0 Å². The lowest BCUT2D eigenvalue weighted by atomic mass is 10.4. The highest BCUT2D eigenvalue weighted by atomic mass is 32.2. The van der Waals surface area contributed by atoms with Crippen LogP contribution < -0.4 is 5.32 Å². The van der Waals surface area contributed by atoms with Crippen molar-refractivity contribution in [3.05, 3.63) is 17.7 Å². The average molecular weight is 267 g/mol. The highest BCUT2D eigenvalue weighted by molar-refractivity contribution is 8.00. The number of nitrogens with one attached hydrogen (secondary N) is 1. The summed E-state index contributed by atoms with van der Waals surface area (Å²) in [6, 6.07) is 1.92. The van der Waals surface area contributed by atoms with Crippen LogP contribution in [0.15, 0.2) is 15.4 Å². The first kappa shape index (κ1) is 12.3. The Hall–Kier alpha value is -1.21. The van der Waals surface area contributed by atoms with Crippen molar-refractivity contribution in [3.8, 4) is 0 Å². The summed E-state index contributed by atoms with van der Waals surface area (Å²) in [6.45, 7) is 3.93. The van der Waals surface area contributed by atoms with Crippen LogP contribution in [0.2, 0.25) is 0 Å². The van der Waals surface area contributed by atoms with E-state index in [0.717, 1.165) is 33.3 Å². The van der Waals surface area contributed by atoms with Gasteiger partial charge in [0.2, 0.25) is 0 Å². The van der Waals surface area contributed by atoms with Crippen LogP contribution in [0.1, 0.15) is 18.6 Å². The number of nitrogens with zero attached hydrogens (tertiary/aromatic N) is 4. The maximum Gasteiger partial charge on any atom is 0.176 e. The number of rotatable bonds is 4. The minimum absolute atomic E-state index is 0.802. The van der Waals surface area contributed by atoms with Gasteiger partial charge in [-0.25, -0.2) is 15.0 Å². The van der Waals surface area contributed by atoms with Gasteiger partial charge >= 0.3 is 0 Å². The summed E-state index contributed by atoms with van der Waals surface area (Å²) in [5, 5.41) is 3.94. The molecule has 0 saturated heterocycles. The second kappa shape index (κ2) is 5.42. The Morgan fingerprint density at radius 3 is 2.76 bits per heavy atom. The van der Waals surface area contributed by atoms with E-state index < -0.39 is 0 Å². The van der Waals surface area contributed by atoms with Gasteiger partial charge < -0.3 is 5.32 Å². The molecule has 2 aromatic heterocycles. The molecule has 90 valence electrons. The SMILES string of the molecule is CCc1nc(NC)cc(Sc2nc(C)ns2)n1. The Morgan fingerprint density at radius 1 is 1.35 bits per heavy atom. The van der Waals surface area contributed by atoms with Gasteiger partial charge in [0.15, 0.2) is 4.34 Å². The predicted molar refractivity (Wildman–Crippen MR) is 69.7 cm³/mol. The summed E-state index contributed by atoms with van der Waals surface area (Å²) in [4.78, 5) is 13.1. The number of hydrogen-bond acceptors (Lipinski definition) is 7. The highest BCUT2D eigenvalue weighted by Crippen LogP contribution is 2.28. The van der Waals surface area contributed by atoms with Crippen LogP contribution in [0.4, 0.5) is 5.82 Å². The minimum atomic E-state index is 0.802. The fraction of sp³-hybridized carbons (Fsp3) is 0.400. The topological polar surface area (TPSA) is 63.6 Å². The molecule has 0 fully saturated rings. The lowest BCUT2D eigenvalue weighted by Gasteiger charge is -2.04. The third kappa shape index (κ3) is 3.13. The van der Waals surface area contributed by atoms with Crippen molar-refractivity contribution in [2.75, 3.05) is 12.4 Å². The summed E-state index contributed by atoms with van der Waals surface area (Å²) >= 11 is 2.91. The molecule has 0 aliphatic heterocycles. The van der Waals surface area contributed by atoms with Gasteiger partial charge in [0.05, 0.1) is 0 Å². The third-order valence-corrected chi connectivity index (χ3v) is 3.78. The lowest BCUT2D eigenvalue weighted by molar-refractivity contribution is 0.890. The smallest absolute Gasteiger partial charge is 0.176 e. The van der Waals surface area contributed by atoms with Gasteiger partial charge in [0.1, 0.15) is 22.5 Å². The van der Waals surface area contributed by atoms with E-state index in [1.54, 1.807) is 0 Å². The van der Waals surface area contributed by atoms with Crippen molar-refractivity contribution in [1.82, 2.24) is 19.3 Å². The first-order chi connectivity index (χ1) is 8.21. The summed E-state index contributed by atoms with van der Waals surface area (Å²) < 4.78 is 5.06. The third-order valence-electron chi connectivity index (χ3n) is 2.02. The van der Waals surface area contributed by atoms with Crippen molar-refractivity contribution < 1.29 is 0 Å². The number of anilines is 1. The van der Waals surface area contributed by atoms with E-state index in [9.17, 15) is 0 Å². The normalized spacial score (nSPS) is 10.5. The summed E-state index contributed by atoms with van der Waals surface area (Å²) in [7, 11) is 1.85. The van der Waals surface area contributed by atoms with Crippen molar-refractivity contribution >= 4 is 29.1 Å². The molecule has 1 N–H and O–H groups in total. The van der Waals surface area contributed by atoms with Gasteiger partial charge in [0.25, 0.3) is 0 Å². The predicted octanol–water partition coefficient (Wildman–Crippen LogP) is 2.39. The first-order valence-electron chi connectivity index (χ1n) is 5.25. The molecule has 2 rings (SSSR count). The zero-order valence-corrected chi connectivity index (χ0v) is 11.5. The first-order valence-corrected chi connectivity index (χ1v) is 6.84. The highest BCUT2D eigenvalue weighted by Gasteiger charge is 2.07. The maximum absolute atomic E-state index is 4.46. The summed E-state index contributed by atoms with van der Waals surface area (Å²) in [6.07, 6.45) is 0.818. The molecule has 17 heavy (non-hydrogen) atoms. The van der Waals surface area contributed by atoms with Gasteiger partial charge in [-0.3, -0.25) is 0 Å². The zero-order valence-electron chi connectivity index (χ0n) is 9.89. The van der Waals surface area contributed by atoms with Crippen molar-refractivity contribution in [3.63, 3.8) is 0 Å². The second-order valence-electron chi connectivity index (χ2n) is 3.32. The zero-order chi connectivity index (χ0) is 12.3. The van der Waals surface area contributed by atoms with Crippen molar-refractivity contribution in [2.24, 2.45) is 0 Å². The molecular weight excluding hydrogens is 254 g/mol. The summed E-state index contributed by atoms with van der Waals surface area (Å²) in [5.41, 5.74) is 0. The molecule has 0 aromatic carbocycles. The molecule has 0 bridgehead atoms. The maximum atomic E-state index is 4.46. The molecule has 0 amide bonds. The standard InChI is InChI=1S/C10H13N5S2/c1-4-7-13-8(11-3)5-9(14-7)16-10-12-6(2)15-17-10/h5H,4H2,1-3H3,(H,11,13,14). The number of aryl methyl sites for hydroxylation is 2. The van der Waals surface area contributed by atoms with Crippen LogP contribution in [-0.4, -0.2) is 26.4 Å². The van der Waals surface area contributed by atoms with E-state index in [2.05, 4.69) is 24.6 Å². The number of hydrogen-bond donors (Lipinski definition) is 1. The van der Waals surface area contributed by atoms with Crippen LogP contribution in [0, 0.1) is 6.92 Å². The lowest BCUT2D eigenvalue weighted by Crippen LogP contribution is -2.00. The van der Waals surface area contributed by atoms with Gasteiger partial charge in [-0.05, 0) is 30.2 Å². The van der Waals surface area contributed by atoms with Gasteiger partial charge in [0, 0.05) is 19.5 Å². The number of aromatic nitrogens is 4. The van der Waals surface area contributed by atoms with Crippen LogP contribution in [0.3, 0.4) is 0 Å². The van der Waals surface area contributed by atoms with E-state index in [1.165, 1.54) is 23.3 Å². The van der Waals surface area contributed by atoms with E-state index in [1.807, 2.05) is 27.0 Å². The average Bonchev–Trinajstić information content (AvgIpc) is 2.74. The molecule has 0 aliphatic rings. The van der Waals surface area contributed by atoms with Gasteiger partial charge in [-0.2, -0.15) is 4.37 Å². The van der Waals surface area contributed by atoms with Crippen LogP contribution >= 0.6 is 23.3 Å². The Bertz CT molecular complexity index is 489. The molecule has 7 heteroatoms. The molecule has 2 heterocycles. The molecule has 0 unspecified atom stereocenters. The molecule has 0 radical (unpaired) electrons. The molecule has 2 aromatic rings. The largest absolute Gasteiger partial charge is 0.373 e. The Labute approximate surface area is 108 Å². The molecule has 5 nitrogen and oxygen atoms in total. The van der Waals surface area contributed by atoms with E-state index in [0.29, 0.717) is 0 Å². The monoisotopic (exact) mass is 267 g/mol. The van der Waals surface area contributed by atoms with Crippen LogP contribution in [0.5, 0.6) is 0 Å². The van der Waals surface area contributed by atoms with E-state index in [-0.39, 0.29) is 0 Å². The molecular formula is C10H13N5S2. The fourth-order valence-electron chi connectivity index (χ4n) is 1.22. The fourth-order valence-corrected chi connectivity index (χ4v) is 2.84. The quantitative estimate of drug-likeness (QED) is 0.858. The second-order valence-corrected chi connectivity index (χ2v) is 5.34. The molecule has 0 atom stereocenters. The Kier molecular flexibility index (Phi) is 3.90.